The fraction of sp³-hybridized carbons (Fsp3) is 0. The van der Waals surface area contributed by atoms with Crippen LogP contribution in [0.25, 0.3) is 64.4 Å². The van der Waals surface area contributed by atoms with E-state index in [0.29, 0.717) is 0 Å². The van der Waals surface area contributed by atoms with Crippen LogP contribution >= 0.6 is 11.3 Å². The maximum atomic E-state index is 2.45. The minimum atomic E-state index is 1.17. The molecule has 3 aromatic heterocycles. The number of rotatable bonds is 2. The first-order chi connectivity index (χ1) is 17.4. The van der Waals surface area contributed by atoms with Crippen LogP contribution in [-0.2, 0) is 0 Å². The first-order valence-corrected chi connectivity index (χ1v) is 12.7. The van der Waals surface area contributed by atoms with Gasteiger partial charge in [0.25, 0.3) is 0 Å². The van der Waals surface area contributed by atoms with Crippen molar-refractivity contribution in [1.29, 1.82) is 0 Å². The lowest BCUT2D eigenvalue weighted by molar-refractivity contribution is 1.07. The molecule has 0 amide bonds. The first-order valence-electron chi connectivity index (χ1n) is 11.9. The summed E-state index contributed by atoms with van der Waals surface area (Å²) >= 11 is 1.86. The zero-order valence-electron chi connectivity index (χ0n) is 18.8. The number of thiophene rings is 1. The molecule has 0 saturated carbocycles. The van der Waals surface area contributed by atoms with Crippen molar-refractivity contribution >= 4 is 64.3 Å². The van der Waals surface area contributed by atoms with Crippen LogP contribution in [0, 0.1) is 0 Å². The third-order valence-electron chi connectivity index (χ3n) is 7.11. The van der Waals surface area contributed by atoms with E-state index in [-0.39, 0.29) is 0 Å². The van der Waals surface area contributed by atoms with Crippen LogP contribution in [0.3, 0.4) is 0 Å². The van der Waals surface area contributed by atoms with Gasteiger partial charge in [0.1, 0.15) is 5.65 Å². The molecular weight excluding hydrogens is 444 g/mol. The molecule has 0 N–H and O–H groups in total. The summed E-state index contributed by atoms with van der Waals surface area (Å²) < 4.78 is 7.52. The lowest BCUT2D eigenvalue weighted by Crippen LogP contribution is -2.01. The monoisotopic (exact) mass is 464 g/mol. The van der Waals surface area contributed by atoms with Crippen molar-refractivity contribution in [2.45, 2.75) is 0 Å². The molecule has 164 valence electrons. The highest BCUT2D eigenvalue weighted by molar-refractivity contribution is 7.25. The van der Waals surface area contributed by atoms with Crippen LogP contribution in [0.5, 0.6) is 0 Å². The number of nitrogens with zero attached hydrogens (tertiary/aromatic N) is 2. The molecule has 0 atom stereocenters. The molecule has 0 spiro atoms. The maximum Gasteiger partial charge on any atom is 0.131 e. The van der Waals surface area contributed by atoms with Crippen LogP contribution in [0.1, 0.15) is 0 Å². The zero-order valence-corrected chi connectivity index (χ0v) is 19.7. The topological polar surface area (TPSA) is 9.86 Å². The smallest absolute Gasteiger partial charge is 0.131 e. The Morgan fingerprint density at radius 1 is 0.429 bits per heavy atom. The molecule has 3 heterocycles. The number of benzene rings is 5. The second-order valence-electron chi connectivity index (χ2n) is 9.02. The summed E-state index contributed by atoms with van der Waals surface area (Å²) in [5.41, 5.74) is 6.02. The van der Waals surface area contributed by atoms with E-state index in [9.17, 15) is 0 Å². The van der Waals surface area contributed by atoms with E-state index in [1.807, 2.05) is 11.3 Å². The molecule has 0 saturated heterocycles. The second-order valence-corrected chi connectivity index (χ2v) is 10.1. The predicted octanol–water partition coefficient (Wildman–Crippen LogP) is 9.10. The zero-order chi connectivity index (χ0) is 22.9. The van der Waals surface area contributed by atoms with Gasteiger partial charge in [-0.1, -0.05) is 72.8 Å². The van der Waals surface area contributed by atoms with Gasteiger partial charge >= 0.3 is 0 Å². The first kappa shape index (κ1) is 19.0. The molecule has 0 aliphatic heterocycles. The fourth-order valence-corrected chi connectivity index (χ4v) is 6.74. The van der Waals surface area contributed by atoms with E-state index in [1.165, 1.54) is 64.4 Å². The van der Waals surface area contributed by atoms with Crippen molar-refractivity contribution in [3.8, 4) is 11.4 Å². The van der Waals surface area contributed by atoms with Gasteiger partial charge in [-0.25, -0.2) is 0 Å². The summed E-state index contributed by atoms with van der Waals surface area (Å²) in [5.74, 6) is 0. The van der Waals surface area contributed by atoms with Gasteiger partial charge in [0.2, 0.25) is 0 Å². The molecule has 0 unspecified atom stereocenters. The number of aromatic nitrogens is 2. The lowest BCUT2D eigenvalue weighted by atomic mass is 10.1. The molecule has 0 radical (unpaired) electrons. The summed E-state index contributed by atoms with van der Waals surface area (Å²) in [4.78, 5) is 0. The maximum absolute atomic E-state index is 2.45. The molecule has 35 heavy (non-hydrogen) atoms. The van der Waals surface area contributed by atoms with Crippen molar-refractivity contribution in [3.63, 3.8) is 0 Å². The van der Waals surface area contributed by atoms with Crippen LogP contribution in [0.15, 0.2) is 121 Å². The lowest BCUT2D eigenvalue weighted by Gasteiger charge is -2.13. The summed E-state index contributed by atoms with van der Waals surface area (Å²) in [5, 5.41) is 6.50. The van der Waals surface area contributed by atoms with Crippen molar-refractivity contribution < 1.29 is 0 Å². The van der Waals surface area contributed by atoms with Crippen molar-refractivity contribution in [2.75, 3.05) is 0 Å². The second kappa shape index (κ2) is 7.08. The van der Waals surface area contributed by atoms with Gasteiger partial charge in [-0.2, -0.15) is 0 Å². The average Bonchev–Trinajstić information content (AvgIpc) is 3.56. The minimum absolute atomic E-state index is 1.17. The van der Waals surface area contributed by atoms with Crippen LogP contribution in [0.2, 0.25) is 0 Å². The van der Waals surface area contributed by atoms with Crippen molar-refractivity contribution in [3.05, 3.63) is 121 Å². The molecule has 0 fully saturated rings. The van der Waals surface area contributed by atoms with E-state index in [0.717, 1.165) is 0 Å². The quantitative estimate of drug-likeness (QED) is 0.241. The van der Waals surface area contributed by atoms with Gasteiger partial charge in [0, 0.05) is 47.7 Å². The summed E-state index contributed by atoms with van der Waals surface area (Å²) in [6, 6.07) is 43.9. The number of hydrogen-bond donors (Lipinski definition) is 0. The van der Waals surface area contributed by atoms with Crippen LogP contribution in [0.4, 0.5) is 0 Å². The fourth-order valence-electron chi connectivity index (χ4n) is 5.65. The van der Waals surface area contributed by atoms with E-state index in [4.69, 9.17) is 0 Å². The summed E-state index contributed by atoms with van der Waals surface area (Å²) in [6.45, 7) is 0. The summed E-state index contributed by atoms with van der Waals surface area (Å²) in [7, 11) is 0. The summed E-state index contributed by atoms with van der Waals surface area (Å²) in [6.07, 6.45) is 0. The van der Waals surface area contributed by atoms with Gasteiger partial charge in [0.05, 0.1) is 11.0 Å². The molecule has 3 heteroatoms. The Hall–Kier alpha value is -4.34. The van der Waals surface area contributed by atoms with E-state index >= 15 is 0 Å². The molecule has 0 bridgehead atoms. The van der Waals surface area contributed by atoms with Crippen molar-refractivity contribution in [1.82, 2.24) is 9.13 Å². The van der Waals surface area contributed by atoms with E-state index in [1.54, 1.807) is 0 Å². The Bertz CT molecular complexity index is 2050. The minimum Gasteiger partial charge on any atom is -0.295 e. The highest BCUT2D eigenvalue weighted by Crippen LogP contribution is 2.42. The van der Waals surface area contributed by atoms with Crippen LogP contribution < -0.4 is 0 Å². The van der Waals surface area contributed by atoms with Crippen LogP contribution in [-0.4, -0.2) is 9.13 Å². The molecule has 2 nitrogen and oxygen atoms in total. The third kappa shape index (κ3) is 2.59. The third-order valence-corrected chi connectivity index (χ3v) is 8.26. The van der Waals surface area contributed by atoms with Gasteiger partial charge in [-0.15, -0.1) is 11.3 Å². The highest BCUT2D eigenvalue weighted by atomic mass is 32.1. The molecule has 5 aromatic carbocycles. The molecule has 8 aromatic rings. The Kier molecular flexibility index (Phi) is 3.85. The molecular formula is C32H20N2S. The average molecular weight is 465 g/mol. The highest BCUT2D eigenvalue weighted by Gasteiger charge is 2.21. The van der Waals surface area contributed by atoms with E-state index < -0.39 is 0 Å². The van der Waals surface area contributed by atoms with Gasteiger partial charge in [-0.05, 0) is 48.5 Å². The number of fused-ring (bicyclic) bond motifs is 8. The normalized spacial score (nSPS) is 12.0. The van der Waals surface area contributed by atoms with Gasteiger partial charge in [0.15, 0.2) is 0 Å². The Balaban J connectivity index is 1.58. The Morgan fingerprint density at radius 2 is 1.00 bits per heavy atom. The van der Waals surface area contributed by atoms with E-state index in [2.05, 4.69) is 130 Å². The number of para-hydroxylation sites is 3. The molecule has 0 aliphatic rings. The van der Waals surface area contributed by atoms with Gasteiger partial charge < -0.3 is 0 Å². The Morgan fingerprint density at radius 3 is 1.74 bits per heavy atom. The Labute approximate surface area is 205 Å². The molecule has 8 rings (SSSR count). The van der Waals surface area contributed by atoms with Gasteiger partial charge in [-0.3, -0.25) is 9.13 Å². The van der Waals surface area contributed by atoms with Crippen molar-refractivity contribution in [2.24, 2.45) is 0 Å². The largest absolute Gasteiger partial charge is 0.295 e. The predicted molar refractivity (Wildman–Crippen MR) is 151 cm³/mol. The standard InChI is InChI=1S/C32H20N2S/c1-2-10-21(11-3-1)33-27-15-7-4-13-24(27)31-25-14-5-8-16-28(25)34(32(31)33)22-18-19-30-26(20-22)23-12-6-9-17-29(23)35-30/h1-20H. The number of hydrogen-bond acceptors (Lipinski definition) is 1. The molecule has 0 aliphatic carbocycles. The SMILES string of the molecule is c1ccc(-n2c3ccccc3c3c4ccccc4n(-c4ccc5sc6ccccc6c5c4)c32)cc1.